The first-order valence-corrected chi connectivity index (χ1v) is 9.35. The highest BCUT2D eigenvalue weighted by molar-refractivity contribution is 5.54. The lowest BCUT2D eigenvalue weighted by atomic mass is 9.65. The van der Waals surface area contributed by atoms with E-state index in [4.69, 9.17) is 4.74 Å². The molecule has 0 saturated heterocycles. The van der Waals surface area contributed by atoms with Crippen molar-refractivity contribution in [3.63, 3.8) is 0 Å². The Hall–Kier alpha value is -1.78. The minimum absolute atomic E-state index is 0.104. The zero-order valence-corrected chi connectivity index (χ0v) is 16.0. The number of fused-ring (bicyclic) bond motifs is 3. The van der Waals surface area contributed by atoms with E-state index < -0.39 is 17.8 Å². The van der Waals surface area contributed by atoms with Crippen LogP contribution in [0.15, 0.2) is 36.4 Å². The Morgan fingerprint density at radius 3 is 2.73 bits per heavy atom. The summed E-state index contributed by atoms with van der Waals surface area (Å²) in [7, 11) is 0. The minimum atomic E-state index is -0.946. The summed E-state index contributed by atoms with van der Waals surface area (Å²) in [5, 5.41) is 31.5. The maximum Gasteiger partial charge on any atom is 0.135 e. The maximum atomic E-state index is 10.9. The molecular weight excluding hydrogens is 328 g/mol. The van der Waals surface area contributed by atoms with Gasteiger partial charge in [0.25, 0.3) is 0 Å². The van der Waals surface area contributed by atoms with Crippen molar-refractivity contribution in [2.45, 2.75) is 70.2 Å². The quantitative estimate of drug-likeness (QED) is 0.696. The van der Waals surface area contributed by atoms with Crippen molar-refractivity contribution >= 4 is 0 Å². The molecule has 0 radical (unpaired) electrons. The summed E-state index contributed by atoms with van der Waals surface area (Å²) in [5.41, 5.74) is 2.56. The summed E-state index contributed by atoms with van der Waals surface area (Å²) in [6.07, 6.45) is 1.75. The van der Waals surface area contributed by atoms with Gasteiger partial charge in [-0.05, 0) is 70.1 Å². The van der Waals surface area contributed by atoms with Crippen LogP contribution in [0.3, 0.4) is 0 Å². The van der Waals surface area contributed by atoms with E-state index >= 15 is 0 Å². The van der Waals surface area contributed by atoms with E-state index in [1.807, 2.05) is 26.8 Å². The van der Waals surface area contributed by atoms with Gasteiger partial charge in [0.2, 0.25) is 0 Å². The molecule has 3 rings (SSSR count). The van der Waals surface area contributed by atoms with Crippen molar-refractivity contribution in [1.82, 2.24) is 0 Å². The van der Waals surface area contributed by atoms with Gasteiger partial charge in [0.15, 0.2) is 0 Å². The molecule has 0 amide bonds. The van der Waals surface area contributed by atoms with Crippen LogP contribution in [0, 0.1) is 12.8 Å². The van der Waals surface area contributed by atoms with Gasteiger partial charge in [-0.25, -0.2) is 0 Å². The summed E-state index contributed by atoms with van der Waals surface area (Å²) in [5.74, 6) is 0.876. The number of hydrogen-bond acceptors (Lipinski definition) is 4. The Bertz CT molecular complexity index is 734. The fourth-order valence-corrected chi connectivity index (χ4v) is 4.45. The molecule has 4 heteroatoms. The second-order valence-corrected chi connectivity index (χ2v) is 8.32. The van der Waals surface area contributed by atoms with Gasteiger partial charge in [0.1, 0.15) is 17.6 Å². The zero-order valence-electron chi connectivity index (χ0n) is 16.0. The van der Waals surface area contributed by atoms with Crippen LogP contribution in [0.4, 0.5) is 0 Å². The number of aromatic hydroxyl groups is 1. The fraction of sp³-hybridized carbons (Fsp3) is 0.545. The summed E-state index contributed by atoms with van der Waals surface area (Å²) >= 11 is 0. The first-order valence-electron chi connectivity index (χ1n) is 9.35. The molecule has 2 aliphatic rings. The van der Waals surface area contributed by atoms with Gasteiger partial charge in [-0.3, -0.25) is 0 Å². The Labute approximate surface area is 155 Å². The average molecular weight is 358 g/mol. The number of aliphatic hydroxyl groups excluding tert-OH is 1. The number of phenolic OH excluding ortho intramolecular Hbond substituents is 1. The van der Waals surface area contributed by atoms with E-state index in [9.17, 15) is 15.3 Å². The summed E-state index contributed by atoms with van der Waals surface area (Å²) < 4.78 is 6.12. The fourth-order valence-electron chi connectivity index (χ4n) is 4.45. The number of phenols is 1. The predicted octanol–water partition coefficient (Wildman–Crippen LogP) is 3.98. The molecule has 1 aromatic carbocycles. The Balaban J connectivity index is 1.90. The molecule has 1 aromatic rings. The van der Waals surface area contributed by atoms with E-state index in [1.54, 1.807) is 6.07 Å². The predicted molar refractivity (Wildman–Crippen MR) is 103 cm³/mol. The molecule has 1 unspecified atom stereocenters. The van der Waals surface area contributed by atoms with Gasteiger partial charge >= 0.3 is 0 Å². The van der Waals surface area contributed by atoms with Gasteiger partial charge in [-0.15, -0.1) is 0 Å². The number of allylic oxidation sites excluding steroid dienone is 1. The second kappa shape index (κ2) is 6.75. The summed E-state index contributed by atoms with van der Waals surface area (Å²) in [6, 6.07) is 3.67. The van der Waals surface area contributed by atoms with Crippen LogP contribution in [-0.4, -0.2) is 33.1 Å². The molecule has 142 valence electrons. The first-order chi connectivity index (χ1) is 12.1. The monoisotopic (exact) mass is 358 g/mol. The molecule has 1 aliphatic carbocycles. The molecule has 3 N–H and O–H groups in total. The van der Waals surface area contributed by atoms with Crippen LogP contribution in [0.1, 0.15) is 56.6 Å². The van der Waals surface area contributed by atoms with E-state index in [-0.39, 0.29) is 17.6 Å². The molecule has 0 bridgehead atoms. The Morgan fingerprint density at radius 1 is 1.38 bits per heavy atom. The molecule has 5 atom stereocenters. The number of hydrogen-bond donors (Lipinski definition) is 3. The second-order valence-electron chi connectivity index (χ2n) is 8.32. The third-order valence-corrected chi connectivity index (χ3v) is 6.02. The normalized spacial score (nSPS) is 30.9. The number of aryl methyl sites for hydroxylation is 1. The molecule has 0 aromatic heterocycles. The van der Waals surface area contributed by atoms with E-state index in [1.165, 1.54) is 0 Å². The van der Waals surface area contributed by atoms with Gasteiger partial charge in [0.05, 0.1) is 11.7 Å². The highest BCUT2D eigenvalue weighted by atomic mass is 16.5. The third-order valence-electron chi connectivity index (χ3n) is 6.02. The molecular formula is C22H30O4. The standard InChI is InChI=1S/C22H30O4/c1-12(2)16(23)7-6-14(4)15-8-9-22(5,25)21-19(15)20-17(24)10-13(3)11-18(20)26-21/h10-11,15-16,19,21,23-25H,1,4,6-9H2,2-3,5H3/t15-,16?,19+,21-,22-/m0/s1. The van der Waals surface area contributed by atoms with Crippen molar-refractivity contribution in [1.29, 1.82) is 0 Å². The van der Waals surface area contributed by atoms with Crippen molar-refractivity contribution in [2.75, 3.05) is 0 Å². The lowest BCUT2D eigenvalue weighted by Gasteiger charge is -2.43. The number of ether oxygens (including phenoxy) is 1. The molecule has 1 fully saturated rings. The SMILES string of the molecule is C=C(C)C(O)CCC(=C)[C@@H]1CC[C@](C)(O)[C@H]2Oc3cc(C)cc(O)c3[C@@H]12. The van der Waals surface area contributed by atoms with E-state index in [0.29, 0.717) is 25.0 Å². The molecule has 0 spiro atoms. The highest BCUT2D eigenvalue weighted by Crippen LogP contribution is 2.56. The Morgan fingerprint density at radius 2 is 2.08 bits per heavy atom. The summed E-state index contributed by atoms with van der Waals surface area (Å²) in [4.78, 5) is 0. The maximum absolute atomic E-state index is 10.9. The highest BCUT2D eigenvalue weighted by Gasteiger charge is 2.53. The van der Waals surface area contributed by atoms with Gasteiger partial charge in [-0.2, -0.15) is 0 Å². The van der Waals surface area contributed by atoms with Crippen molar-refractivity contribution in [3.8, 4) is 11.5 Å². The molecule has 1 heterocycles. The Kier molecular flexibility index (Phi) is 4.93. The zero-order chi connectivity index (χ0) is 19.2. The topological polar surface area (TPSA) is 69.9 Å². The van der Waals surface area contributed by atoms with E-state index in [2.05, 4.69) is 13.2 Å². The van der Waals surface area contributed by atoms with Gasteiger partial charge in [-0.1, -0.05) is 24.3 Å². The smallest absolute Gasteiger partial charge is 0.135 e. The number of rotatable bonds is 5. The van der Waals surface area contributed by atoms with Crippen LogP contribution in [0.5, 0.6) is 11.5 Å². The van der Waals surface area contributed by atoms with Crippen LogP contribution in [0.2, 0.25) is 0 Å². The summed E-state index contributed by atoms with van der Waals surface area (Å²) in [6.45, 7) is 13.6. The largest absolute Gasteiger partial charge is 0.508 e. The average Bonchev–Trinajstić information content (AvgIpc) is 2.93. The van der Waals surface area contributed by atoms with E-state index in [0.717, 1.165) is 28.7 Å². The molecule has 1 saturated carbocycles. The van der Waals surface area contributed by atoms with Crippen LogP contribution >= 0.6 is 0 Å². The number of benzene rings is 1. The van der Waals surface area contributed by atoms with Crippen molar-refractivity contribution in [2.24, 2.45) is 5.92 Å². The van der Waals surface area contributed by atoms with Crippen LogP contribution < -0.4 is 4.74 Å². The number of aliphatic hydroxyl groups is 2. The lowest BCUT2D eigenvalue weighted by Crippen LogP contribution is -2.50. The first kappa shape index (κ1) is 19.0. The molecule has 1 aliphatic heterocycles. The minimum Gasteiger partial charge on any atom is -0.508 e. The van der Waals surface area contributed by atoms with Crippen molar-refractivity contribution < 1.29 is 20.1 Å². The molecule has 26 heavy (non-hydrogen) atoms. The van der Waals surface area contributed by atoms with Crippen molar-refractivity contribution in [3.05, 3.63) is 47.6 Å². The van der Waals surface area contributed by atoms with Gasteiger partial charge < -0.3 is 20.1 Å². The van der Waals surface area contributed by atoms with Crippen LogP contribution in [0.25, 0.3) is 0 Å². The lowest BCUT2D eigenvalue weighted by molar-refractivity contribution is -0.0828. The third kappa shape index (κ3) is 3.28. The van der Waals surface area contributed by atoms with Gasteiger partial charge in [0, 0.05) is 11.5 Å². The molecule has 4 nitrogen and oxygen atoms in total. The van der Waals surface area contributed by atoms with Crippen LogP contribution in [-0.2, 0) is 0 Å².